The van der Waals surface area contributed by atoms with Gasteiger partial charge in [0.05, 0.1) is 0 Å². The smallest absolute Gasteiger partial charge is 0.253 e. The minimum absolute atomic E-state index is 0.201. The molecule has 0 bridgehead atoms. The number of hydrogen-bond donors (Lipinski definition) is 3. The molecule has 0 radical (unpaired) electrons. The van der Waals surface area contributed by atoms with Crippen LogP contribution in [0.4, 0.5) is 0 Å². The number of benzene rings is 1. The minimum atomic E-state index is -0.821. The Bertz CT molecular complexity index is 501. The first-order valence-corrected chi connectivity index (χ1v) is 7.01. The maximum Gasteiger partial charge on any atom is 0.253 e. The van der Waals surface area contributed by atoms with Gasteiger partial charge in [0.15, 0.2) is 6.23 Å². The number of nitrogens with one attached hydrogen (secondary N) is 2. The predicted molar refractivity (Wildman–Crippen MR) is 79.3 cm³/mol. The number of carbonyl (C=O) groups excluding carboxylic acids is 1. The van der Waals surface area contributed by atoms with Crippen molar-refractivity contribution >= 4 is 5.91 Å². The number of carbonyl (C=O) groups is 1. The van der Waals surface area contributed by atoms with Crippen molar-refractivity contribution in [1.29, 1.82) is 0 Å². The third-order valence-corrected chi connectivity index (χ3v) is 3.44. The zero-order chi connectivity index (χ0) is 14.5. The molecule has 1 amide bonds. The molecular weight excluding hydrogens is 252 g/mol. The van der Waals surface area contributed by atoms with Gasteiger partial charge in [0, 0.05) is 17.7 Å². The Labute approximate surface area is 119 Å². The molecule has 3 rings (SSSR count). The summed E-state index contributed by atoms with van der Waals surface area (Å²) >= 11 is 0. The molecule has 1 aromatic rings. The van der Waals surface area contributed by atoms with Crippen molar-refractivity contribution in [3.8, 4) is 0 Å². The minimum Gasteiger partial charge on any atom is -0.369 e. The van der Waals surface area contributed by atoms with Gasteiger partial charge in [-0.25, -0.2) is 0 Å². The van der Waals surface area contributed by atoms with Crippen LogP contribution < -0.4 is 10.6 Å². The van der Waals surface area contributed by atoms with E-state index in [4.69, 9.17) is 0 Å². The van der Waals surface area contributed by atoms with Crippen molar-refractivity contribution in [2.75, 3.05) is 13.1 Å². The van der Waals surface area contributed by atoms with Crippen LogP contribution in [0.15, 0.2) is 35.9 Å². The molecule has 1 aromatic carbocycles. The maximum atomic E-state index is 11.0. The second-order valence-electron chi connectivity index (χ2n) is 5.46. The fraction of sp³-hybridized carbons (Fsp3) is 0.438. The monoisotopic (exact) mass is 274 g/mol. The molecule has 0 spiro atoms. The number of aliphatic hydroxyl groups excluding tert-OH is 1. The summed E-state index contributed by atoms with van der Waals surface area (Å²) in [6.45, 7) is 6.72. The van der Waals surface area contributed by atoms with Crippen LogP contribution in [0.5, 0.6) is 0 Å². The predicted octanol–water partition coefficient (Wildman–Crippen LogP) is 1.98. The highest BCUT2D eigenvalue weighted by atomic mass is 16.3. The largest absolute Gasteiger partial charge is 0.369 e. The third-order valence-electron chi connectivity index (χ3n) is 3.44. The van der Waals surface area contributed by atoms with Gasteiger partial charge in [0.1, 0.15) is 0 Å². The second kappa shape index (κ2) is 6.68. The Morgan fingerprint density at radius 2 is 2.10 bits per heavy atom. The molecule has 2 atom stereocenters. The highest BCUT2D eigenvalue weighted by molar-refractivity contribution is 5.98. The molecule has 0 saturated carbocycles. The summed E-state index contributed by atoms with van der Waals surface area (Å²) in [5, 5.41) is 15.0. The van der Waals surface area contributed by atoms with Crippen molar-refractivity contribution in [3.63, 3.8) is 0 Å². The number of fused-ring (bicyclic) bond motifs is 1. The first-order valence-electron chi connectivity index (χ1n) is 7.01. The van der Waals surface area contributed by atoms with Gasteiger partial charge in [-0.2, -0.15) is 0 Å². The van der Waals surface area contributed by atoms with Crippen molar-refractivity contribution in [1.82, 2.24) is 10.6 Å². The van der Waals surface area contributed by atoms with Crippen molar-refractivity contribution in [3.05, 3.63) is 47.0 Å². The van der Waals surface area contributed by atoms with E-state index in [1.165, 1.54) is 25.1 Å². The van der Waals surface area contributed by atoms with E-state index in [1.54, 1.807) is 24.3 Å². The van der Waals surface area contributed by atoms with Crippen LogP contribution in [0, 0.1) is 5.92 Å². The molecule has 1 fully saturated rings. The summed E-state index contributed by atoms with van der Waals surface area (Å²) in [5.74, 6) is 0.614. The lowest BCUT2D eigenvalue weighted by molar-refractivity contribution is 0.0850. The molecule has 2 aliphatic heterocycles. The molecular formula is C16H22N2O2. The van der Waals surface area contributed by atoms with E-state index < -0.39 is 6.23 Å². The van der Waals surface area contributed by atoms with Gasteiger partial charge < -0.3 is 15.7 Å². The Morgan fingerprint density at radius 1 is 1.35 bits per heavy atom. The average Bonchev–Trinajstić information content (AvgIpc) is 3.00. The first kappa shape index (κ1) is 14.8. The van der Waals surface area contributed by atoms with Gasteiger partial charge in [-0.15, -0.1) is 0 Å². The zero-order valence-electron chi connectivity index (χ0n) is 12.0. The quantitative estimate of drug-likeness (QED) is 0.686. The van der Waals surface area contributed by atoms with E-state index in [9.17, 15) is 9.90 Å². The highest BCUT2D eigenvalue weighted by Crippen LogP contribution is 2.21. The molecule has 0 aliphatic carbocycles. The normalized spacial score (nSPS) is 23.4. The lowest BCUT2D eigenvalue weighted by Gasteiger charge is -1.99. The number of allylic oxidation sites excluding steroid dienone is 1. The first-order chi connectivity index (χ1) is 9.58. The standard InChI is InChI=1S/C8H7NO2.C8H15N/c10-7-5-3-1-2-4-6(5)8(11)9-7;1-7(2)5-8-3-4-9-6-8/h1-4,7,10H,(H,9,11);5,8-9H,3-4,6H2,1-2H3. The fourth-order valence-electron chi connectivity index (χ4n) is 2.51. The van der Waals surface area contributed by atoms with E-state index in [0.29, 0.717) is 11.1 Å². The van der Waals surface area contributed by atoms with Crippen LogP contribution in [0.3, 0.4) is 0 Å². The topological polar surface area (TPSA) is 61.4 Å². The summed E-state index contributed by atoms with van der Waals surface area (Å²) in [7, 11) is 0. The summed E-state index contributed by atoms with van der Waals surface area (Å²) in [4.78, 5) is 11.0. The SMILES string of the molecule is CC(C)=CC1CCNC1.O=C1NC(O)c2ccccc21. The van der Waals surface area contributed by atoms with E-state index >= 15 is 0 Å². The van der Waals surface area contributed by atoms with Gasteiger partial charge in [-0.1, -0.05) is 29.8 Å². The maximum absolute atomic E-state index is 11.0. The summed E-state index contributed by atoms with van der Waals surface area (Å²) in [6.07, 6.45) is 2.87. The van der Waals surface area contributed by atoms with Crippen LogP contribution in [0.2, 0.25) is 0 Å². The van der Waals surface area contributed by atoms with Crippen molar-refractivity contribution < 1.29 is 9.90 Å². The number of aliphatic hydroxyl groups is 1. The van der Waals surface area contributed by atoms with Crippen LogP contribution in [0.25, 0.3) is 0 Å². The van der Waals surface area contributed by atoms with Crippen LogP contribution >= 0.6 is 0 Å². The highest BCUT2D eigenvalue weighted by Gasteiger charge is 2.25. The molecule has 4 heteroatoms. The molecule has 2 heterocycles. The fourth-order valence-corrected chi connectivity index (χ4v) is 2.51. The van der Waals surface area contributed by atoms with E-state index in [2.05, 4.69) is 30.6 Å². The lowest BCUT2D eigenvalue weighted by atomic mass is 10.1. The Balaban J connectivity index is 0.000000151. The number of rotatable bonds is 1. The Kier molecular flexibility index (Phi) is 4.93. The van der Waals surface area contributed by atoms with Crippen LogP contribution in [-0.4, -0.2) is 24.1 Å². The molecule has 3 N–H and O–H groups in total. The lowest BCUT2D eigenvalue weighted by Crippen LogP contribution is -2.17. The van der Waals surface area contributed by atoms with Crippen molar-refractivity contribution in [2.45, 2.75) is 26.5 Å². The average molecular weight is 274 g/mol. The molecule has 1 saturated heterocycles. The van der Waals surface area contributed by atoms with Gasteiger partial charge in [-0.05, 0) is 38.8 Å². The summed E-state index contributed by atoms with van der Waals surface area (Å²) in [6, 6.07) is 7.00. The molecule has 2 unspecified atom stereocenters. The van der Waals surface area contributed by atoms with E-state index in [1.807, 2.05) is 0 Å². The Morgan fingerprint density at radius 3 is 2.70 bits per heavy atom. The van der Waals surface area contributed by atoms with Crippen molar-refractivity contribution in [2.24, 2.45) is 5.92 Å². The van der Waals surface area contributed by atoms with E-state index in [-0.39, 0.29) is 5.91 Å². The second-order valence-corrected chi connectivity index (χ2v) is 5.46. The third kappa shape index (κ3) is 3.68. The zero-order valence-corrected chi connectivity index (χ0v) is 12.0. The van der Waals surface area contributed by atoms with Gasteiger partial charge in [-0.3, -0.25) is 4.79 Å². The summed E-state index contributed by atoms with van der Waals surface area (Å²) in [5.41, 5.74) is 2.68. The van der Waals surface area contributed by atoms with Crippen LogP contribution in [0.1, 0.15) is 42.4 Å². The molecule has 2 aliphatic rings. The molecule has 4 nitrogen and oxygen atoms in total. The number of hydrogen-bond acceptors (Lipinski definition) is 3. The van der Waals surface area contributed by atoms with Crippen LogP contribution in [-0.2, 0) is 0 Å². The van der Waals surface area contributed by atoms with Gasteiger partial charge in [0.2, 0.25) is 0 Å². The van der Waals surface area contributed by atoms with Gasteiger partial charge >= 0.3 is 0 Å². The van der Waals surface area contributed by atoms with E-state index in [0.717, 1.165) is 5.92 Å². The molecule has 108 valence electrons. The number of amides is 1. The molecule has 0 aromatic heterocycles. The molecule has 20 heavy (non-hydrogen) atoms. The Hall–Kier alpha value is -1.65. The summed E-state index contributed by atoms with van der Waals surface area (Å²) < 4.78 is 0. The van der Waals surface area contributed by atoms with Gasteiger partial charge in [0.25, 0.3) is 5.91 Å².